The van der Waals surface area contributed by atoms with E-state index >= 15 is 0 Å². The van der Waals surface area contributed by atoms with Crippen LogP contribution in [-0.4, -0.2) is 34.1 Å². The summed E-state index contributed by atoms with van der Waals surface area (Å²) in [5.41, 5.74) is 2.05. The third kappa shape index (κ3) is 2.88. The van der Waals surface area contributed by atoms with Crippen molar-refractivity contribution in [3.8, 4) is 11.1 Å². The summed E-state index contributed by atoms with van der Waals surface area (Å²) in [7, 11) is 0. The van der Waals surface area contributed by atoms with Crippen LogP contribution in [0.3, 0.4) is 0 Å². The molecule has 0 unspecified atom stereocenters. The minimum Gasteiger partial charge on any atom is -0.367 e. The zero-order chi connectivity index (χ0) is 12.9. The molecule has 3 rings (SSSR count). The highest BCUT2D eigenvalue weighted by atomic mass is 15.1. The van der Waals surface area contributed by atoms with Crippen LogP contribution in [-0.2, 0) is 0 Å². The molecule has 2 N–H and O–H groups in total. The fraction of sp³-hybridized carbons (Fsp3) is 0.357. The van der Waals surface area contributed by atoms with Gasteiger partial charge in [-0.05, 0) is 32.0 Å². The van der Waals surface area contributed by atoms with Crippen molar-refractivity contribution in [3.63, 3.8) is 0 Å². The van der Waals surface area contributed by atoms with Crippen LogP contribution in [0.1, 0.15) is 12.8 Å². The second kappa shape index (κ2) is 5.75. The van der Waals surface area contributed by atoms with E-state index in [1.54, 1.807) is 12.5 Å². The SMILES string of the molecule is c1cncc(-c2cncnc2NC2CCNCC2)c1. The van der Waals surface area contributed by atoms with E-state index in [-0.39, 0.29) is 0 Å². The molecule has 98 valence electrons. The topological polar surface area (TPSA) is 62.7 Å². The Morgan fingerprint density at radius 3 is 2.84 bits per heavy atom. The molecule has 0 aliphatic carbocycles. The number of pyridine rings is 1. The average Bonchev–Trinajstić information content (AvgIpc) is 2.50. The van der Waals surface area contributed by atoms with Crippen LogP contribution in [0.2, 0.25) is 0 Å². The molecule has 5 heteroatoms. The van der Waals surface area contributed by atoms with Gasteiger partial charge in [0.2, 0.25) is 0 Å². The number of aromatic nitrogens is 3. The van der Waals surface area contributed by atoms with Crippen LogP contribution in [0, 0.1) is 0 Å². The number of hydrogen-bond acceptors (Lipinski definition) is 5. The Hall–Kier alpha value is -2.01. The van der Waals surface area contributed by atoms with Crippen LogP contribution in [0.4, 0.5) is 5.82 Å². The van der Waals surface area contributed by atoms with Gasteiger partial charge in [0.25, 0.3) is 0 Å². The summed E-state index contributed by atoms with van der Waals surface area (Å²) in [5, 5.41) is 6.89. The van der Waals surface area contributed by atoms with Gasteiger partial charge in [-0.2, -0.15) is 0 Å². The Kier molecular flexibility index (Phi) is 3.65. The van der Waals surface area contributed by atoms with Crippen molar-refractivity contribution in [2.45, 2.75) is 18.9 Å². The lowest BCUT2D eigenvalue weighted by Gasteiger charge is -2.25. The smallest absolute Gasteiger partial charge is 0.137 e. The lowest BCUT2D eigenvalue weighted by Crippen LogP contribution is -2.35. The Labute approximate surface area is 112 Å². The molecule has 1 saturated heterocycles. The minimum absolute atomic E-state index is 0.478. The molecule has 0 atom stereocenters. The maximum absolute atomic E-state index is 4.38. The molecule has 2 aromatic heterocycles. The van der Waals surface area contributed by atoms with Gasteiger partial charge in [-0.3, -0.25) is 4.98 Å². The molecule has 0 aromatic carbocycles. The van der Waals surface area contributed by atoms with Gasteiger partial charge in [0, 0.05) is 35.8 Å². The first kappa shape index (κ1) is 12.0. The first-order valence-corrected chi connectivity index (χ1v) is 6.61. The standard InChI is InChI=1S/C14H17N5/c1-2-11(8-16-5-1)13-9-17-10-18-14(13)19-12-3-6-15-7-4-12/h1-2,5,8-10,12,15H,3-4,6-7H2,(H,17,18,19). The van der Waals surface area contributed by atoms with E-state index in [9.17, 15) is 0 Å². The van der Waals surface area contributed by atoms with Gasteiger partial charge in [0.15, 0.2) is 0 Å². The first-order chi connectivity index (χ1) is 9.43. The molecule has 3 heterocycles. The molecule has 0 saturated carbocycles. The van der Waals surface area contributed by atoms with Crippen LogP contribution in [0.5, 0.6) is 0 Å². The van der Waals surface area contributed by atoms with Crippen molar-refractivity contribution in [3.05, 3.63) is 37.1 Å². The summed E-state index contributed by atoms with van der Waals surface area (Å²) in [6.07, 6.45) is 9.28. The second-order valence-corrected chi connectivity index (χ2v) is 4.70. The summed E-state index contributed by atoms with van der Waals surface area (Å²) in [4.78, 5) is 12.7. The highest BCUT2D eigenvalue weighted by molar-refractivity contribution is 5.73. The second-order valence-electron chi connectivity index (χ2n) is 4.70. The maximum Gasteiger partial charge on any atom is 0.137 e. The molecule has 1 fully saturated rings. The molecule has 19 heavy (non-hydrogen) atoms. The van der Waals surface area contributed by atoms with Gasteiger partial charge in [-0.1, -0.05) is 6.07 Å². The average molecular weight is 255 g/mol. The van der Waals surface area contributed by atoms with Gasteiger partial charge >= 0.3 is 0 Å². The van der Waals surface area contributed by atoms with Crippen molar-refractivity contribution in [2.75, 3.05) is 18.4 Å². The van der Waals surface area contributed by atoms with Crippen LogP contribution in [0.15, 0.2) is 37.1 Å². The highest BCUT2D eigenvalue weighted by Crippen LogP contribution is 2.25. The third-order valence-electron chi connectivity index (χ3n) is 3.36. The molecule has 1 aliphatic rings. The lowest BCUT2D eigenvalue weighted by molar-refractivity contribution is 0.478. The minimum atomic E-state index is 0.478. The Morgan fingerprint density at radius 1 is 1.16 bits per heavy atom. The van der Waals surface area contributed by atoms with Gasteiger partial charge in [-0.15, -0.1) is 0 Å². The van der Waals surface area contributed by atoms with Gasteiger partial charge < -0.3 is 10.6 Å². The monoisotopic (exact) mass is 255 g/mol. The fourth-order valence-corrected chi connectivity index (χ4v) is 2.34. The molecule has 0 spiro atoms. The fourth-order valence-electron chi connectivity index (χ4n) is 2.34. The number of nitrogens with one attached hydrogen (secondary N) is 2. The maximum atomic E-state index is 4.38. The number of rotatable bonds is 3. The summed E-state index contributed by atoms with van der Waals surface area (Å²) in [6.45, 7) is 2.12. The number of hydrogen-bond donors (Lipinski definition) is 2. The van der Waals surface area contributed by atoms with Crippen molar-refractivity contribution >= 4 is 5.82 Å². The summed E-state index contributed by atoms with van der Waals surface area (Å²) >= 11 is 0. The largest absolute Gasteiger partial charge is 0.367 e. The Bertz CT molecular complexity index is 522. The Balaban J connectivity index is 1.85. The first-order valence-electron chi connectivity index (χ1n) is 6.61. The molecular weight excluding hydrogens is 238 g/mol. The summed E-state index contributed by atoms with van der Waals surface area (Å²) in [6, 6.07) is 4.43. The molecule has 2 aromatic rings. The van der Waals surface area contributed by atoms with Gasteiger partial charge in [-0.25, -0.2) is 9.97 Å². The van der Waals surface area contributed by atoms with Crippen LogP contribution < -0.4 is 10.6 Å². The van der Waals surface area contributed by atoms with Crippen LogP contribution in [0.25, 0.3) is 11.1 Å². The summed E-state index contributed by atoms with van der Waals surface area (Å²) < 4.78 is 0. The predicted molar refractivity (Wildman–Crippen MR) is 74.8 cm³/mol. The van der Waals surface area contributed by atoms with E-state index < -0.39 is 0 Å². The van der Waals surface area contributed by atoms with E-state index in [1.165, 1.54) is 0 Å². The Morgan fingerprint density at radius 2 is 2.05 bits per heavy atom. The molecule has 5 nitrogen and oxygen atoms in total. The lowest BCUT2D eigenvalue weighted by atomic mass is 10.1. The van der Waals surface area contributed by atoms with Crippen molar-refractivity contribution in [1.29, 1.82) is 0 Å². The molecular formula is C14H17N5. The van der Waals surface area contributed by atoms with Crippen molar-refractivity contribution in [1.82, 2.24) is 20.3 Å². The zero-order valence-electron chi connectivity index (χ0n) is 10.7. The molecule has 0 amide bonds. The predicted octanol–water partition coefficient (Wildman–Crippen LogP) is 1.70. The van der Waals surface area contributed by atoms with Crippen molar-refractivity contribution in [2.24, 2.45) is 0 Å². The number of nitrogens with zero attached hydrogens (tertiary/aromatic N) is 3. The highest BCUT2D eigenvalue weighted by Gasteiger charge is 2.15. The van der Waals surface area contributed by atoms with Crippen LogP contribution >= 0.6 is 0 Å². The molecule has 0 bridgehead atoms. The number of piperidine rings is 1. The van der Waals surface area contributed by atoms with E-state index in [1.807, 2.05) is 24.5 Å². The van der Waals surface area contributed by atoms with E-state index in [0.29, 0.717) is 6.04 Å². The summed E-state index contributed by atoms with van der Waals surface area (Å²) in [5.74, 6) is 0.898. The zero-order valence-corrected chi connectivity index (χ0v) is 10.7. The van der Waals surface area contributed by atoms with E-state index in [4.69, 9.17) is 0 Å². The third-order valence-corrected chi connectivity index (χ3v) is 3.36. The number of anilines is 1. The van der Waals surface area contributed by atoms with Crippen molar-refractivity contribution < 1.29 is 0 Å². The molecule has 0 radical (unpaired) electrons. The molecule has 1 aliphatic heterocycles. The normalized spacial score (nSPS) is 16.2. The quantitative estimate of drug-likeness (QED) is 0.874. The van der Waals surface area contributed by atoms with E-state index in [0.717, 1.165) is 42.9 Å². The van der Waals surface area contributed by atoms with Gasteiger partial charge in [0.05, 0.1) is 0 Å². The van der Waals surface area contributed by atoms with E-state index in [2.05, 4.69) is 25.6 Å². The van der Waals surface area contributed by atoms with Gasteiger partial charge in [0.1, 0.15) is 12.1 Å².